The zero-order valence-corrected chi connectivity index (χ0v) is 12.2. The Balaban J connectivity index is 1.76. The standard InChI is InChI=1S/C17H17NOS/c1-12-11-14(12)17(19)18-15-9-5-6-10-16(15)20-13-7-3-2-4-8-13/h2-10,12,14H,11H2,1H3,(H,18,19)/t12-,14+/m0/s1. The van der Waals surface area contributed by atoms with E-state index in [1.54, 1.807) is 11.8 Å². The molecule has 0 spiro atoms. The smallest absolute Gasteiger partial charge is 0.227 e. The highest BCUT2D eigenvalue weighted by atomic mass is 32.2. The van der Waals surface area contributed by atoms with Gasteiger partial charge in [0.05, 0.1) is 5.69 Å². The lowest BCUT2D eigenvalue weighted by atomic mass is 10.3. The molecule has 0 heterocycles. The zero-order valence-electron chi connectivity index (χ0n) is 11.4. The third-order valence-electron chi connectivity index (χ3n) is 3.56. The number of hydrogen-bond acceptors (Lipinski definition) is 2. The summed E-state index contributed by atoms with van der Waals surface area (Å²) in [5.74, 6) is 0.882. The highest BCUT2D eigenvalue weighted by Gasteiger charge is 2.39. The van der Waals surface area contributed by atoms with Gasteiger partial charge in [-0.1, -0.05) is 49.0 Å². The van der Waals surface area contributed by atoms with Gasteiger partial charge in [0.2, 0.25) is 5.91 Å². The van der Waals surface area contributed by atoms with Crippen LogP contribution >= 0.6 is 11.8 Å². The average molecular weight is 283 g/mol. The lowest BCUT2D eigenvalue weighted by molar-refractivity contribution is -0.117. The second-order valence-corrected chi connectivity index (χ2v) is 6.34. The molecule has 1 saturated carbocycles. The largest absolute Gasteiger partial charge is 0.325 e. The first kappa shape index (κ1) is 13.3. The highest BCUT2D eigenvalue weighted by Crippen LogP contribution is 2.39. The van der Waals surface area contributed by atoms with Gasteiger partial charge in [-0.2, -0.15) is 0 Å². The van der Waals surface area contributed by atoms with Crippen LogP contribution in [0.3, 0.4) is 0 Å². The molecule has 1 aliphatic carbocycles. The lowest BCUT2D eigenvalue weighted by Gasteiger charge is -2.10. The van der Waals surface area contributed by atoms with Gasteiger partial charge in [0.15, 0.2) is 0 Å². The lowest BCUT2D eigenvalue weighted by Crippen LogP contribution is -2.14. The van der Waals surface area contributed by atoms with Gasteiger partial charge < -0.3 is 5.32 Å². The first-order valence-corrected chi connectivity index (χ1v) is 7.68. The molecule has 1 aliphatic rings. The number of amides is 1. The van der Waals surface area contributed by atoms with Crippen LogP contribution in [-0.4, -0.2) is 5.91 Å². The minimum Gasteiger partial charge on any atom is -0.325 e. The second kappa shape index (κ2) is 5.71. The molecule has 3 rings (SSSR count). The molecule has 2 aromatic rings. The van der Waals surface area contributed by atoms with Crippen molar-refractivity contribution in [3.8, 4) is 0 Å². The van der Waals surface area contributed by atoms with Crippen molar-refractivity contribution in [3.05, 3.63) is 54.6 Å². The molecule has 2 aromatic carbocycles. The van der Waals surface area contributed by atoms with Crippen molar-refractivity contribution in [1.82, 2.24) is 0 Å². The first-order chi connectivity index (χ1) is 9.74. The summed E-state index contributed by atoms with van der Waals surface area (Å²) in [4.78, 5) is 14.3. The first-order valence-electron chi connectivity index (χ1n) is 6.87. The minimum atomic E-state index is 0.151. The minimum absolute atomic E-state index is 0.151. The van der Waals surface area contributed by atoms with Crippen LogP contribution in [0.4, 0.5) is 5.69 Å². The van der Waals surface area contributed by atoms with Gasteiger partial charge in [-0.25, -0.2) is 0 Å². The predicted octanol–water partition coefficient (Wildman–Crippen LogP) is 4.43. The molecule has 0 aliphatic heterocycles. The molecule has 0 saturated heterocycles. The normalized spacial score (nSPS) is 20.4. The number of rotatable bonds is 4. The zero-order chi connectivity index (χ0) is 13.9. The number of para-hydroxylation sites is 1. The van der Waals surface area contributed by atoms with Crippen LogP contribution in [0.1, 0.15) is 13.3 Å². The van der Waals surface area contributed by atoms with E-state index >= 15 is 0 Å². The number of hydrogen-bond donors (Lipinski definition) is 1. The van der Waals surface area contributed by atoms with Crippen LogP contribution < -0.4 is 5.32 Å². The molecule has 1 fully saturated rings. The topological polar surface area (TPSA) is 29.1 Å². The Morgan fingerprint density at radius 1 is 1.10 bits per heavy atom. The van der Waals surface area contributed by atoms with E-state index in [-0.39, 0.29) is 11.8 Å². The van der Waals surface area contributed by atoms with Crippen molar-refractivity contribution in [2.24, 2.45) is 11.8 Å². The molecule has 20 heavy (non-hydrogen) atoms. The summed E-state index contributed by atoms with van der Waals surface area (Å²) in [6.45, 7) is 2.12. The molecule has 1 amide bonds. The van der Waals surface area contributed by atoms with Crippen molar-refractivity contribution in [3.63, 3.8) is 0 Å². The number of anilines is 1. The maximum atomic E-state index is 12.1. The van der Waals surface area contributed by atoms with Crippen molar-refractivity contribution in [1.29, 1.82) is 0 Å². The molecule has 0 unspecified atom stereocenters. The summed E-state index contributed by atoms with van der Waals surface area (Å²) in [7, 11) is 0. The Morgan fingerprint density at radius 2 is 1.75 bits per heavy atom. The summed E-state index contributed by atoms with van der Waals surface area (Å²) < 4.78 is 0. The van der Waals surface area contributed by atoms with E-state index in [9.17, 15) is 4.79 Å². The third-order valence-corrected chi connectivity index (χ3v) is 4.65. The van der Waals surface area contributed by atoms with Gasteiger partial charge in [-0.05, 0) is 36.6 Å². The summed E-state index contributed by atoms with van der Waals surface area (Å²) in [5, 5.41) is 3.06. The molecule has 2 nitrogen and oxygen atoms in total. The molecule has 102 valence electrons. The Labute approximate surface area is 123 Å². The Hall–Kier alpha value is -1.74. The molecule has 3 heteroatoms. The summed E-state index contributed by atoms with van der Waals surface area (Å²) in [6.07, 6.45) is 1.01. The summed E-state index contributed by atoms with van der Waals surface area (Å²) in [6, 6.07) is 18.2. The van der Waals surface area contributed by atoms with Crippen LogP contribution in [0.25, 0.3) is 0 Å². The van der Waals surface area contributed by atoms with Crippen molar-refractivity contribution in [2.75, 3.05) is 5.32 Å². The molecule has 2 atom stereocenters. The van der Waals surface area contributed by atoms with Crippen LogP contribution in [0.15, 0.2) is 64.4 Å². The number of carbonyl (C=O) groups excluding carboxylic acids is 1. The Bertz CT molecular complexity index is 611. The summed E-state index contributed by atoms with van der Waals surface area (Å²) >= 11 is 1.67. The van der Waals surface area contributed by atoms with E-state index in [1.165, 1.54) is 4.90 Å². The average Bonchev–Trinajstić information content (AvgIpc) is 3.19. The maximum Gasteiger partial charge on any atom is 0.227 e. The molecule has 1 N–H and O–H groups in total. The van der Waals surface area contributed by atoms with E-state index in [0.29, 0.717) is 5.92 Å². The van der Waals surface area contributed by atoms with Gasteiger partial charge in [0.1, 0.15) is 0 Å². The van der Waals surface area contributed by atoms with E-state index in [2.05, 4.69) is 24.4 Å². The summed E-state index contributed by atoms with van der Waals surface area (Å²) in [5.41, 5.74) is 0.908. The van der Waals surface area contributed by atoms with E-state index in [1.807, 2.05) is 42.5 Å². The molecular weight excluding hydrogens is 266 g/mol. The molecule has 0 radical (unpaired) electrons. The fourth-order valence-corrected chi connectivity index (χ4v) is 3.11. The van der Waals surface area contributed by atoms with E-state index in [4.69, 9.17) is 0 Å². The van der Waals surface area contributed by atoms with Crippen LogP contribution in [0, 0.1) is 11.8 Å². The van der Waals surface area contributed by atoms with Gasteiger partial charge in [0, 0.05) is 15.7 Å². The fraction of sp³-hybridized carbons (Fsp3) is 0.235. The SMILES string of the molecule is C[C@H]1C[C@H]1C(=O)Nc1ccccc1Sc1ccccc1. The third kappa shape index (κ3) is 3.05. The van der Waals surface area contributed by atoms with Crippen LogP contribution in [0.5, 0.6) is 0 Å². The maximum absolute atomic E-state index is 12.1. The van der Waals surface area contributed by atoms with E-state index < -0.39 is 0 Å². The predicted molar refractivity (Wildman–Crippen MR) is 82.9 cm³/mol. The second-order valence-electron chi connectivity index (χ2n) is 5.22. The molecule has 0 bridgehead atoms. The van der Waals surface area contributed by atoms with Gasteiger partial charge in [-0.3, -0.25) is 4.79 Å². The monoisotopic (exact) mass is 283 g/mol. The number of nitrogens with one attached hydrogen (secondary N) is 1. The van der Waals surface area contributed by atoms with Gasteiger partial charge >= 0.3 is 0 Å². The van der Waals surface area contributed by atoms with Gasteiger partial charge in [-0.15, -0.1) is 0 Å². The quantitative estimate of drug-likeness (QED) is 0.899. The van der Waals surface area contributed by atoms with Crippen molar-refractivity contribution in [2.45, 2.75) is 23.1 Å². The van der Waals surface area contributed by atoms with Crippen molar-refractivity contribution >= 4 is 23.4 Å². The molecule has 0 aromatic heterocycles. The van der Waals surface area contributed by atoms with Crippen molar-refractivity contribution < 1.29 is 4.79 Å². The van der Waals surface area contributed by atoms with Crippen LogP contribution in [0.2, 0.25) is 0 Å². The fourth-order valence-electron chi connectivity index (χ4n) is 2.19. The molecular formula is C17H17NOS. The van der Waals surface area contributed by atoms with E-state index in [0.717, 1.165) is 17.0 Å². The Kier molecular flexibility index (Phi) is 3.79. The van der Waals surface area contributed by atoms with Gasteiger partial charge in [0.25, 0.3) is 0 Å². The number of carbonyl (C=O) groups is 1. The number of benzene rings is 2. The van der Waals surface area contributed by atoms with Crippen LogP contribution in [-0.2, 0) is 4.79 Å². The Morgan fingerprint density at radius 3 is 2.45 bits per heavy atom. The highest BCUT2D eigenvalue weighted by molar-refractivity contribution is 7.99.